The molecule has 0 saturated carbocycles. The molecule has 3 aromatic rings. The van der Waals surface area contributed by atoms with Gasteiger partial charge in [-0.1, -0.05) is 75.9 Å². The predicted octanol–water partition coefficient (Wildman–Crippen LogP) is 6.79. The zero-order valence-corrected chi connectivity index (χ0v) is 19.5. The van der Waals surface area contributed by atoms with Gasteiger partial charge in [0.05, 0.1) is 11.8 Å². The fraction of sp³-hybridized carbons (Fsp3) is 0.276. The standard InChI is InChI=1S/C29H30N2O2/c1-5-18-32-23-16-12-20(13-17-23)25-19-26-24-8-6-7-9-27(24)33-28(31(26)30-25)21-10-14-22(15-11-21)29(2,3)4/h5-17,26,28H,1,18-19H2,2-4H3/t26-,28+/m0/s1. The Morgan fingerprint density at radius 1 is 1.03 bits per heavy atom. The number of para-hydroxylation sites is 1. The fourth-order valence-electron chi connectivity index (χ4n) is 4.48. The minimum atomic E-state index is -0.258. The monoisotopic (exact) mass is 438 g/mol. The first-order chi connectivity index (χ1) is 15.9. The first-order valence-electron chi connectivity index (χ1n) is 11.5. The molecule has 2 atom stereocenters. The Kier molecular flexibility index (Phi) is 5.45. The molecule has 0 spiro atoms. The molecule has 168 valence electrons. The van der Waals surface area contributed by atoms with Crippen LogP contribution in [0.5, 0.6) is 11.5 Å². The quantitative estimate of drug-likeness (QED) is 0.411. The number of hydrogen-bond acceptors (Lipinski definition) is 4. The average molecular weight is 439 g/mol. The van der Waals surface area contributed by atoms with E-state index in [2.05, 4.69) is 87.0 Å². The molecule has 3 aromatic carbocycles. The molecular formula is C29H30N2O2. The number of benzene rings is 3. The van der Waals surface area contributed by atoms with Crippen LogP contribution in [0.15, 0.2) is 90.6 Å². The lowest BCUT2D eigenvalue weighted by atomic mass is 9.86. The van der Waals surface area contributed by atoms with Crippen molar-refractivity contribution < 1.29 is 9.47 Å². The van der Waals surface area contributed by atoms with Gasteiger partial charge in [0.15, 0.2) is 0 Å². The minimum absolute atomic E-state index is 0.113. The lowest BCUT2D eigenvalue weighted by molar-refractivity contribution is -0.0190. The van der Waals surface area contributed by atoms with E-state index in [0.717, 1.165) is 34.8 Å². The highest BCUT2D eigenvalue weighted by atomic mass is 16.5. The maximum absolute atomic E-state index is 6.49. The molecule has 0 aliphatic carbocycles. The zero-order valence-electron chi connectivity index (χ0n) is 19.5. The summed E-state index contributed by atoms with van der Waals surface area (Å²) in [5.41, 5.74) is 5.89. The Morgan fingerprint density at radius 3 is 2.45 bits per heavy atom. The summed E-state index contributed by atoms with van der Waals surface area (Å²) in [5, 5.41) is 7.20. The van der Waals surface area contributed by atoms with Crippen LogP contribution in [0.25, 0.3) is 0 Å². The van der Waals surface area contributed by atoms with Crippen LogP contribution in [0.1, 0.15) is 61.7 Å². The van der Waals surface area contributed by atoms with Gasteiger partial charge in [0, 0.05) is 17.5 Å². The number of fused-ring (bicyclic) bond motifs is 3. The van der Waals surface area contributed by atoms with E-state index in [9.17, 15) is 0 Å². The molecule has 2 aliphatic heterocycles. The summed E-state index contributed by atoms with van der Waals surface area (Å²) in [6, 6.07) is 25.4. The highest BCUT2D eigenvalue weighted by Gasteiger charge is 2.40. The van der Waals surface area contributed by atoms with E-state index >= 15 is 0 Å². The van der Waals surface area contributed by atoms with Crippen LogP contribution in [0.3, 0.4) is 0 Å². The molecule has 33 heavy (non-hydrogen) atoms. The molecule has 5 rings (SSSR count). The molecule has 4 nitrogen and oxygen atoms in total. The predicted molar refractivity (Wildman–Crippen MR) is 133 cm³/mol. The second kappa shape index (κ2) is 8.43. The Balaban J connectivity index is 1.48. The van der Waals surface area contributed by atoms with Crippen LogP contribution >= 0.6 is 0 Å². The van der Waals surface area contributed by atoms with Gasteiger partial charge in [-0.2, -0.15) is 5.10 Å². The Hall–Kier alpha value is -3.53. The van der Waals surface area contributed by atoms with Crippen molar-refractivity contribution in [2.75, 3.05) is 6.61 Å². The summed E-state index contributed by atoms with van der Waals surface area (Å²) in [5.74, 6) is 1.77. The van der Waals surface area contributed by atoms with E-state index in [4.69, 9.17) is 14.6 Å². The molecule has 0 aromatic heterocycles. The van der Waals surface area contributed by atoms with Gasteiger partial charge < -0.3 is 9.47 Å². The van der Waals surface area contributed by atoms with Crippen molar-refractivity contribution in [3.8, 4) is 11.5 Å². The summed E-state index contributed by atoms with van der Waals surface area (Å²) >= 11 is 0. The molecule has 0 fully saturated rings. The van der Waals surface area contributed by atoms with E-state index in [-0.39, 0.29) is 17.7 Å². The maximum Gasteiger partial charge on any atom is 0.213 e. The average Bonchev–Trinajstić information content (AvgIpc) is 3.28. The van der Waals surface area contributed by atoms with Gasteiger partial charge in [0.2, 0.25) is 6.23 Å². The fourth-order valence-corrected chi connectivity index (χ4v) is 4.48. The van der Waals surface area contributed by atoms with Crippen LogP contribution in [-0.2, 0) is 5.41 Å². The molecule has 0 N–H and O–H groups in total. The smallest absolute Gasteiger partial charge is 0.213 e. The van der Waals surface area contributed by atoms with E-state index in [1.807, 2.05) is 18.2 Å². The van der Waals surface area contributed by atoms with Crippen LogP contribution < -0.4 is 9.47 Å². The van der Waals surface area contributed by atoms with Gasteiger partial charge in [0.25, 0.3) is 0 Å². The molecule has 0 bridgehead atoms. The third kappa shape index (κ3) is 4.13. The molecule has 2 aliphatic rings. The minimum Gasteiger partial charge on any atom is -0.490 e. The second-order valence-corrected chi connectivity index (χ2v) is 9.65. The SMILES string of the molecule is C=CCOc1ccc(C2=NN3[C@@H](c4ccc(C(C)(C)C)cc4)Oc4ccccc4[C@@H]3C2)cc1. The Labute approximate surface area is 196 Å². The first-order valence-corrected chi connectivity index (χ1v) is 11.5. The number of rotatable bonds is 5. The molecule has 0 amide bonds. The topological polar surface area (TPSA) is 34.1 Å². The lowest BCUT2D eigenvalue weighted by Gasteiger charge is -2.38. The zero-order chi connectivity index (χ0) is 23.0. The van der Waals surface area contributed by atoms with Gasteiger partial charge in [0.1, 0.15) is 18.1 Å². The van der Waals surface area contributed by atoms with Gasteiger partial charge in [-0.3, -0.25) is 0 Å². The van der Waals surface area contributed by atoms with E-state index in [1.165, 1.54) is 11.1 Å². The van der Waals surface area contributed by atoms with Gasteiger partial charge in [-0.05, 0) is 46.9 Å². The lowest BCUT2D eigenvalue weighted by Crippen LogP contribution is -2.33. The second-order valence-electron chi connectivity index (χ2n) is 9.65. The largest absolute Gasteiger partial charge is 0.490 e. The summed E-state index contributed by atoms with van der Waals surface area (Å²) in [7, 11) is 0. The maximum atomic E-state index is 6.49. The summed E-state index contributed by atoms with van der Waals surface area (Å²) in [6.07, 6.45) is 2.33. The van der Waals surface area contributed by atoms with E-state index in [1.54, 1.807) is 6.08 Å². The van der Waals surface area contributed by atoms with Gasteiger partial charge in [-0.15, -0.1) is 0 Å². The van der Waals surface area contributed by atoms with Crippen molar-refractivity contribution in [1.82, 2.24) is 5.01 Å². The summed E-state index contributed by atoms with van der Waals surface area (Å²) in [4.78, 5) is 0. The van der Waals surface area contributed by atoms with Crippen molar-refractivity contribution in [3.63, 3.8) is 0 Å². The molecule has 4 heteroatoms. The first kappa shape index (κ1) is 21.3. The molecule has 0 saturated heterocycles. The highest BCUT2D eigenvalue weighted by molar-refractivity contribution is 6.02. The highest BCUT2D eigenvalue weighted by Crippen LogP contribution is 2.47. The summed E-state index contributed by atoms with van der Waals surface area (Å²) < 4.78 is 12.1. The number of hydrogen-bond donors (Lipinski definition) is 0. The van der Waals surface area contributed by atoms with E-state index < -0.39 is 0 Å². The van der Waals surface area contributed by atoms with Gasteiger partial charge in [-0.25, -0.2) is 5.01 Å². The third-order valence-electron chi connectivity index (χ3n) is 6.32. The van der Waals surface area contributed by atoms with Crippen LogP contribution in [0.2, 0.25) is 0 Å². The molecular weight excluding hydrogens is 408 g/mol. The van der Waals surface area contributed by atoms with Crippen molar-refractivity contribution in [2.24, 2.45) is 5.10 Å². The molecule has 0 radical (unpaired) electrons. The van der Waals surface area contributed by atoms with Crippen molar-refractivity contribution in [2.45, 2.75) is 44.9 Å². The van der Waals surface area contributed by atoms with Crippen LogP contribution in [0, 0.1) is 0 Å². The normalized spacial score (nSPS) is 19.2. The van der Waals surface area contributed by atoms with Gasteiger partial charge >= 0.3 is 0 Å². The molecule has 0 unspecified atom stereocenters. The number of hydrazone groups is 1. The van der Waals surface area contributed by atoms with Crippen molar-refractivity contribution in [1.29, 1.82) is 0 Å². The third-order valence-corrected chi connectivity index (χ3v) is 6.32. The Bertz CT molecular complexity index is 1170. The number of nitrogens with zero attached hydrogens (tertiary/aromatic N) is 2. The molecule has 2 heterocycles. The van der Waals surface area contributed by atoms with Crippen LogP contribution in [-0.4, -0.2) is 17.3 Å². The van der Waals surface area contributed by atoms with Crippen molar-refractivity contribution >= 4 is 5.71 Å². The van der Waals surface area contributed by atoms with Crippen LogP contribution in [0.4, 0.5) is 0 Å². The number of ether oxygens (including phenoxy) is 2. The van der Waals surface area contributed by atoms with E-state index in [0.29, 0.717) is 6.61 Å². The Morgan fingerprint density at radius 2 is 1.76 bits per heavy atom. The summed E-state index contributed by atoms with van der Waals surface area (Å²) in [6.45, 7) is 10.9. The van der Waals surface area contributed by atoms with Crippen molar-refractivity contribution in [3.05, 3.63) is 108 Å².